The summed E-state index contributed by atoms with van der Waals surface area (Å²) in [6.45, 7) is 6.56. The zero-order valence-electron chi connectivity index (χ0n) is 10.2. The number of ether oxygens (including phenoxy) is 1. The summed E-state index contributed by atoms with van der Waals surface area (Å²) in [7, 11) is 1.71. The van der Waals surface area contributed by atoms with Crippen LogP contribution < -0.4 is 15.0 Å². The van der Waals surface area contributed by atoms with Crippen molar-refractivity contribution in [1.29, 1.82) is 0 Å². The maximum atomic E-state index is 5.27. The largest absolute Gasteiger partial charge is 0.497 e. The average Bonchev–Trinajstić information content (AvgIpc) is 2.32. The Kier molecular flexibility index (Phi) is 3.34. The van der Waals surface area contributed by atoms with Gasteiger partial charge in [0.1, 0.15) is 5.75 Å². The van der Waals surface area contributed by atoms with Crippen molar-refractivity contribution in [3.63, 3.8) is 0 Å². The lowest BCUT2D eigenvalue weighted by Gasteiger charge is -2.39. The van der Waals surface area contributed by atoms with Crippen molar-refractivity contribution in [2.45, 2.75) is 25.9 Å². The Balaban J connectivity index is 2.20. The fourth-order valence-electron chi connectivity index (χ4n) is 2.17. The van der Waals surface area contributed by atoms with Crippen LogP contribution in [0.5, 0.6) is 5.75 Å². The van der Waals surface area contributed by atoms with Crippen LogP contribution >= 0.6 is 0 Å². The summed E-state index contributed by atoms with van der Waals surface area (Å²) >= 11 is 0. The number of anilines is 1. The quantitative estimate of drug-likeness (QED) is 0.823. The van der Waals surface area contributed by atoms with E-state index in [1.54, 1.807) is 7.11 Å². The van der Waals surface area contributed by atoms with Gasteiger partial charge in [-0.05, 0) is 26.0 Å². The summed E-state index contributed by atoms with van der Waals surface area (Å²) in [5.74, 6) is 0.927. The lowest BCUT2D eigenvalue weighted by Crippen LogP contribution is -2.54. The summed E-state index contributed by atoms with van der Waals surface area (Å²) in [5.41, 5.74) is 1.25. The van der Waals surface area contributed by atoms with E-state index < -0.39 is 0 Å². The molecule has 0 spiro atoms. The van der Waals surface area contributed by atoms with Gasteiger partial charge in [-0.3, -0.25) is 0 Å². The van der Waals surface area contributed by atoms with E-state index in [-0.39, 0.29) is 0 Å². The molecule has 0 aromatic heterocycles. The highest BCUT2D eigenvalue weighted by molar-refractivity contribution is 5.52. The Morgan fingerprint density at radius 3 is 2.94 bits per heavy atom. The first kappa shape index (κ1) is 11.3. The average molecular weight is 220 g/mol. The number of nitrogens with one attached hydrogen (secondary N) is 1. The molecule has 88 valence electrons. The van der Waals surface area contributed by atoms with Crippen LogP contribution in [0.1, 0.15) is 13.8 Å². The molecule has 0 amide bonds. The molecule has 1 heterocycles. The first-order valence-electron chi connectivity index (χ1n) is 5.85. The van der Waals surface area contributed by atoms with Crippen LogP contribution in [-0.4, -0.2) is 32.3 Å². The second-order valence-corrected chi connectivity index (χ2v) is 4.51. The molecule has 1 aromatic carbocycles. The molecule has 1 N–H and O–H groups in total. The van der Waals surface area contributed by atoms with E-state index in [9.17, 15) is 0 Å². The van der Waals surface area contributed by atoms with Crippen LogP contribution in [0.15, 0.2) is 24.3 Å². The highest BCUT2D eigenvalue weighted by Crippen LogP contribution is 2.24. The molecule has 1 fully saturated rings. The summed E-state index contributed by atoms with van der Waals surface area (Å²) in [4.78, 5) is 2.43. The summed E-state index contributed by atoms with van der Waals surface area (Å²) in [6, 6.07) is 9.37. The van der Waals surface area contributed by atoms with Gasteiger partial charge in [-0.25, -0.2) is 0 Å². The van der Waals surface area contributed by atoms with Crippen molar-refractivity contribution in [1.82, 2.24) is 5.32 Å². The van der Waals surface area contributed by atoms with Crippen molar-refractivity contribution in [2.24, 2.45) is 0 Å². The number of rotatable bonds is 2. The molecular weight excluding hydrogens is 200 g/mol. The Morgan fingerprint density at radius 2 is 2.19 bits per heavy atom. The second-order valence-electron chi connectivity index (χ2n) is 4.51. The molecule has 0 radical (unpaired) electrons. The van der Waals surface area contributed by atoms with Gasteiger partial charge in [-0.15, -0.1) is 0 Å². The minimum atomic E-state index is 0.531. The minimum absolute atomic E-state index is 0.531. The van der Waals surface area contributed by atoms with Gasteiger partial charge >= 0.3 is 0 Å². The van der Waals surface area contributed by atoms with Gasteiger partial charge in [0, 0.05) is 36.9 Å². The molecule has 0 bridgehead atoms. The number of nitrogens with zero attached hydrogens (tertiary/aromatic N) is 1. The van der Waals surface area contributed by atoms with E-state index in [2.05, 4.69) is 36.2 Å². The zero-order chi connectivity index (χ0) is 11.5. The Labute approximate surface area is 97.4 Å². The van der Waals surface area contributed by atoms with Crippen LogP contribution in [0.3, 0.4) is 0 Å². The van der Waals surface area contributed by atoms with Crippen LogP contribution in [0.25, 0.3) is 0 Å². The molecule has 3 nitrogen and oxygen atoms in total. The fraction of sp³-hybridized carbons (Fsp3) is 0.538. The van der Waals surface area contributed by atoms with E-state index in [4.69, 9.17) is 4.74 Å². The van der Waals surface area contributed by atoms with Gasteiger partial charge < -0.3 is 15.0 Å². The molecule has 2 atom stereocenters. The lowest BCUT2D eigenvalue weighted by molar-refractivity contribution is 0.410. The standard InChI is InChI=1S/C13H20N2O/c1-10-9-15(11(2)8-14-10)12-5-4-6-13(7-12)16-3/h4-7,10-11,14H,8-9H2,1-3H3/t10-,11+/m1/s1. The number of hydrogen-bond acceptors (Lipinski definition) is 3. The third-order valence-electron chi connectivity index (χ3n) is 3.15. The predicted molar refractivity (Wildman–Crippen MR) is 67.3 cm³/mol. The topological polar surface area (TPSA) is 24.5 Å². The van der Waals surface area contributed by atoms with E-state index >= 15 is 0 Å². The normalized spacial score (nSPS) is 25.6. The van der Waals surface area contributed by atoms with E-state index in [0.717, 1.165) is 18.8 Å². The van der Waals surface area contributed by atoms with Crippen LogP contribution in [0.4, 0.5) is 5.69 Å². The smallest absolute Gasteiger partial charge is 0.120 e. The second kappa shape index (κ2) is 4.74. The maximum absolute atomic E-state index is 5.27. The maximum Gasteiger partial charge on any atom is 0.120 e. The lowest BCUT2D eigenvalue weighted by atomic mass is 10.1. The van der Waals surface area contributed by atoms with Crippen molar-refractivity contribution < 1.29 is 4.74 Å². The Hall–Kier alpha value is -1.22. The molecule has 1 aromatic rings. The summed E-state index contributed by atoms with van der Waals surface area (Å²) in [6.07, 6.45) is 0. The van der Waals surface area contributed by atoms with Gasteiger partial charge in [0.25, 0.3) is 0 Å². The molecule has 0 saturated carbocycles. The SMILES string of the molecule is COc1cccc(N2C[C@@H](C)NC[C@@H]2C)c1. The molecule has 16 heavy (non-hydrogen) atoms. The van der Waals surface area contributed by atoms with Crippen LogP contribution in [-0.2, 0) is 0 Å². The van der Waals surface area contributed by atoms with E-state index in [1.807, 2.05) is 12.1 Å². The number of benzene rings is 1. The van der Waals surface area contributed by atoms with Crippen molar-refractivity contribution in [3.05, 3.63) is 24.3 Å². The zero-order valence-corrected chi connectivity index (χ0v) is 10.2. The van der Waals surface area contributed by atoms with E-state index in [1.165, 1.54) is 5.69 Å². The van der Waals surface area contributed by atoms with Crippen molar-refractivity contribution >= 4 is 5.69 Å². The van der Waals surface area contributed by atoms with Gasteiger partial charge in [-0.2, -0.15) is 0 Å². The molecule has 0 unspecified atom stereocenters. The van der Waals surface area contributed by atoms with Crippen molar-refractivity contribution in [2.75, 3.05) is 25.1 Å². The third-order valence-corrected chi connectivity index (χ3v) is 3.15. The molecule has 1 aliphatic rings. The highest BCUT2D eigenvalue weighted by atomic mass is 16.5. The number of piperazine rings is 1. The van der Waals surface area contributed by atoms with Gasteiger partial charge in [0.15, 0.2) is 0 Å². The number of methoxy groups -OCH3 is 1. The first-order valence-corrected chi connectivity index (χ1v) is 5.85. The molecular formula is C13H20N2O. The van der Waals surface area contributed by atoms with Gasteiger partial charge in [0.2, 0.25) is 0 Å². The monoisotopic (exact) mass is 220 g/mol. The molecule has 0 aliphatic carbocycles. The Bertz CT molecular complexity index is 354. The minimum Gasteiger partial charge on any atom is -0.497 e. The Morgan fingerprint density at radius 1 is 1.38 bits per heavy atom. The predicted octanol–water partition coefficient (Wildman–Crippen LogP) is 1.88. The molecule has 1 aliphatic heterocycles. The van der Waals surface area contributed by atoms with Crippen LogP contribution in [0.2, 0.25) is 0 Å². The van der Waals surface area contributed by atoms with Gasteiger partial charge in [-0.1, -0.05) is 6.07 Å². The molecule has 3 heteroatoms. The van der Waals surface area contributed by atoms with Gasteiger partial charge in [0.05, 0.1) is 7.11 Å². The highest BCUT2D eigenvalue weighted by Gasteiger charge is 2.22. The first-order chi connectivity index (χ1) is 7.70. The number of hydrogen-bond donors (Lipinski definition) is 1. The summed E-state index contributed by atoms with van der Waals surface area (Å²) in [5, 5.41) is 3.49. The summed E-state index contributed by atoms with van der Waals surface area (Å²) < 4.78 is 5.27. The fourth-order valence-corrected chi connectivity index (χ4v) is 2.17. The molecule has 2 rings (SSSR count). The van der Waals surface area contributed by atoms with E-state index in [0.29, 0.717) is 12.1 Å². The molecule has 1 saturated heterocycles. The van der Waals surface area contributed by atoms with Crippen LogP contribution in [0, 0.1) is 0 Å². The van der Waals surface area contributed by atoms with Crippen molar-refractivity contribution in [3.8, 4) is 5.75 Å². The third kappa shape index (κ3) is 2.30.